The average molecular weight is 398 g/mol. The van der Waals surface area contributed by atoms with Crippen LogP contribution in [0.15, 0.2) is 36.5 Å². The fourth-order valence-corrected chi connectivity index (χ4v) is 3.62. The summed E-state index contributed by atoms with van der Waals surface area (Å²) in [7, 11) is 0. The molecule has 1 amide bonds. The van der Waals surface area contributed by atoms with Crippen molar-refractivity contribution in [3.05, 3.63) is 63.4 Å². The Kier molecular flexibility index (Phi) is 5.21. The molecule has 0 aliphatic heterocycles. The summed E-state index contributed by atoms with van der Waals surface area (Å²) >= 11 is 11.9. The second-order valence-electron chi connectivity index (χ2n) is 6.43. The van der Waals surface area contributed by atoms with E-state index in [-0.39, 0.29) is 37.3 Å². The number of hydrogen-bond acceptors (Lipinski definition) is 4. The number of nitrogens with zero attached hydrogens (tertiary/aromatic N) is 1. The van der Waals surface area contributed by atoms with Gasteiger partial charge in [0.1, 0.15) is 0 Å². The fraction of sp³-hybridized carbons (Fsp3) is 0.333. The second kappa shape index (κ2) is 7.12. The molecular formula is C18H18Cl2FN3O2. The Labute approximate surface area is 160 Å². The molecule has 1 heterocycles. The zero-order valence-electron chi connectivity index (χ0n) is 13.8. The van der Waals surface area contributed by atoms with E-state index in [1.165, 1.54) is 12.3 Å². The van der Waals surface area contributed by atoms with Crippen LogP contribution in [0, 0.1) is 0 Å². The maximum Gasteiger partial charge on any atom is 0.262 e. The number of rotatable bonds is 4. The van der Waals surface area contributed by atoms with Crippen LogP contribution in [0.3, 0.4) is 0 Å². The molecule has 1 aromatic heterocycles. The largest absolute Gasteiger partial charge is 0.394 e. The summed E-state index contributed by atoms with van der Waals surface area (Å²) in [6, 6.07) is 7.89. The minimum Gasteiger partial charge on any atom is -0.394 e. The predicted molar refractivity (Wildman–Crippen MR) is 97.5 cm³/mol. The third-order valence-electron chi connectivity index (χ3n) is 4.72. The lowest BCUT2D eigenvalue weighted by Gasteiger charge is -2.39. The number of halogens is 3. The van der Waals surface area contributed by atoms with Gasteiger partial charge in [-0.3, -0.25) is 9.78 Å². The smallest absolute Gasteiger partial charge is 0.262 e. The van der Waals surface area contributed by atoms with Crippen LogP contribution in [0.2, 0.25) is 10.0 Å². The van der Waals surface area contributed by atoms with Gasteiger partial charge in [0.05, 0.1) is 17.8 Å². The molecule has 0 saturated carbocycles. The maximum absolute atomic E-state index is 15.7. The zero-order valence-corrected chi connectivity index (χ0v) is 15.3. The van der Waals surface area contributed by atoms with Gasteiger partial charge in [0, 0.05) is 28.4 Å². The van der Waals surface area contributed by atoms with Gasteiger partial charge < -0.3 is 16.2 Å². The van der Waals surface area contributed by atoms with Crippen LogP contribution in [-0.2, 0) is 22.5 Å². The van der Waals surface area contributed by atoms with Crippen molar-refractivity contribution >= 4 is 29.1 Å². The molecule has 0 spiro atoms. The highest BCUT2D eigenvalue weighted by Gasteiger charge is 2.50. The lowest BCUT2D eigenvalue weighted by atomic mass is 9.73. The lowest BCUT2D eigenvalue weighted by Crippen LogP contribution is -2.52. The molecule has 0 unspecified atom stereocenters. The highest BCUT2D eigenvalue weighted by molar-refractivity contribution is 6.35. The summed E-state index contributed by atoms with van der Waals surface area (Å²) in [5.74, 6) is -0.794. The zero-order chi connectivity index (χ0) is 18.9. The molecule has 1 aliphatic carbocycles. The van der Waals surface area contributed by atoms with Crippen molar-refractivity contribution in [2.45, 2.75) is 30.6 Å². The number of aliphatic hydroxyl groups is 1. The summed E-state index contributed by atoms with van der Waals surface area (Å²) in [4.78, 5) is 16.8. The number of benzene rings is 1. The minimum absolute atomic E-state index is 0.0594. The van der Waals surface area contributed by atoms with Gasteiger partial charge >= 0.3 is 0 Å². The normalized spacial score (nSPS) is 24.8. The van der Waals surface area contributed by atoms with E-state index >= 15 is 4.39 Å². The monoisotopic (exact) mass is 397 g/mol. The molecule has 1 aromatic carbocycles. The molecule has 26 heavy (non-hydrogen) atoms. The molecule has 0 bridgehead atoms. The van der Waals surface area contributed by atoms with Gasteiger partial charge in [-0.1, -0.05) is 35.3 Å². The molecule has 5 nitrogen and oxygen atoms in total. The number of carbonyl (C=O) groups excluding carboxylic acids is 1. The van der Waals surface area contributed by atoms with Crippen LogP contribution < -0.4 is 11.1 Å². The number of aliphatic hydroxyl groups excluding tert-OH is 1. The molecular weight excluding hydrogens is 380 g/mol. The molecule has 2 aromatic rings. The van der Waals surface area contributed by atoms with E-state index in [2.05, 4.69) is 10.3 Å². The first kappa shape index (κ1) is 19.0. The third-order valence-corrected chi connectivity index (χ3v) is 5.31. The van der Waals surface area contributed by atoms with Crippen LogP contribution in [0.4, 0.5) is 4.39 Å². The first-order valence-corrected chi connectivity index (χ1v) is 8.82. The Balaban J connectivity index is 1.85. The van der Waals surface area contributed by atoms with E-state index in [1.54, 1.807) is 24.3 Å². The third kappa shape index (κ3) is 3.30. The standard InChI is InChI=1S/C18H18Cl2FN3O2/c19-12-4-3-11(14(20)8-12)9-24-16(26)18(21)6-5-17(22,10-25)15-13(18)2-1-7-23-15/h1-4,7-8,25H,5-6,9-10,22H2,(H,24,26)/t17-,18-/m0/s1. The van der Waals surface area contributed by atoms with Crippen LogP contribution in [0.5, 0.6) is 0 Å². The molecule has 2 atom stereocenters. The number of pyridine rings is 1. The van der Waals surface area contributed by atoms with E-state index in [0.717, 1.165) is 0 Å². The Morgan fingerprint density at radius 1 is 1.35 bits per heavy atom. The fourth-order valence-electron chi connectivity index (χ4n) is 3.14. The topological polar surface area (TPSA) is 88.2 Å². The molecule has 0 fully saturated rings. The van der Waals surface area contributed by atoms with Crippen molar-refractivity contribution in [1.82, 2.24) is 10.3 Å². The minimum atomic E-state index is -2.28. The highest BCUT2D eigenvalue weighted by atomic mass is 35.5. The Hall–Kier alpha value is -1.73. The molecule has 0 saturated heterocycles. The van der Waals surface area contributed by atoms with Gasteiger partial charge in [-0.2, -0.15) is 0 Å². The maximum atomic E-state index is 15.7. The van der Waals surface area contributed by atoms with Gasteiger partial charge in [0.15, 0.2) is 0 Å². The number of aromatic nitrogens is 1. The second-order valence-corrected chi connectivity index (χ2v) is 7.28. The van der Waals surface area contributed by atoms with Crippen LogP contribution in [-0.4, -0.2) is 22.6 Å². The van der Waals surface area contributed by atoms with Crippen molar-refractivity contribution in [2.24, 2.45) is 5.73 Å². The van der Waals surface area contributed by atoms with Crippen LogP contribution in [0.25, 0.3) is 0 Å². The molecule has 8 heteroatoms. The van der Waals surface area contributed by atoms with Gasteiger partial charge in [-0.05, 0) is 36.6 Å². The van der Waals surface area contributed by atoms with E-state index < -0.39 is 17.1 Å². The van der Waals surface area contributed by atoms with Crippen LogP contribution >= 0.6 is 23.2 Å². The van der Waals surface area contributed by atoms with Crippen LogP contribution in [0.1, 0.15) is 29.7 Å². The number of nitrogens with two attached hydrogens (primary N) is 1. The quantitative estimate of drug-likeness (QED) is 0.739. The average Bonchev–Trinajstić information content (AvgIpc) is 2.64. The number of carbonyl (C=O) groups is 1. The van der Waals surface area contributed by atoms with Gasteiger partial charge in [0.2, 0.25) is 5.67 Å². The molecule has 0 radical (unpaired) electrons. The van der Waals surface area contributed by atoms with Crippen molar-refractivity contribution < 1.29 is 14.3 Å². The first-order chi connectivity index (χ1) is 12.3. The molecule has 138 valence electrons. The van der Waals surface area contributed by atoms with Crippen molar-refractivity contribution in [3.8, 4) is 0 Å². The SMILES string of the molecule is N[C@]1(CO)CC[C@@](F)(C(=O)NCc2ccc(Cl)cc2Cl)c2cccnc21. The summed E-state index contributed by atoms with van der Waals surface area (Å²) < 4.78 is 15.7. The van der Waals surface area contributed by atoms with Gasteiger partial charge in [-0.25, -0.2) is 4.39 Å². The summed E-state index contributed by atoms with van der Waals surface area (Å²) in [5.41, 5.74) is 3.63. The molecule has 1 aliphatic rings. The van der Waals surface area contributed by atoms with Gasteiger partial charge in [0.25, 0.3) is 5.91 Å². The summed E-state index contributed by atoms with van der Waals surface area (Å²) in [6.45, 7) is -0.320. The van der Waals surface area contributed by atoms with E-state index in [1.807, 2.05) is 0 Å². The number of alkyl halides is 1. The van der Waals surface area contributed by atoms with E-state index in [4.69, 9.17) is 28.9 Å². The van der Waals surface area contributed by atoms with Crippen molar-refractivity contribution in [2.75, 3.05) is 6.61 Å². The Bertz CT molecular complexity index is 851. The van der Waals surface area contributed by atoms with Crippen molar-refractivity contribution in [1.29, 1.82) is 0 Å². The van der Waals surface area contributed by atoms with E-state index in [0.29, 0.717) is 15.6 Å². The number of nitrogens with one attached hydrogen (secondary N) is 1. The van der Waals surface area contributed by atoms with Crippen molar-refractivity contribution in [3.63, 3.8) is 0 Å². The first-order valence-electron chi connectivity index (χ1n) is 8.07. The predicted octanol–water partition coefficient (Wildman–Crippen LogP) is 2.81. The van der Waals surface area contributed by atoms with E-state index in [9.17, 15) is 9.90 Å². The number of fused-ring (bicyclic) bond motifs is 1. The molecule has 4 N–H and O–H groups in total. The summed E-state index contributed by atoms with van der Waals surface area (Å²) in [5, 5.41) is 13.0. The lowest BCUT2D eigenvalue weighted by molar-refractivity contribution is -0.135. The summed E-state index contributed by atoms with van der Waals surface area (Å²) in [6.07, 6.45) is 1.41. The Morgan fingerprint density at radius 2 is 2.12 bits per heavy atom. The van der Waals surface area contributed by atoms with Gasteiger partial charge in [-0.15, -0.1) is 0 Å². The highest BCUT2D eigenvalue weighted by Crippen LogP contribution is 2.44. The number of hydrogen-bond donors (Lipinski definition) is 3. The molecule has 3 rings (SSSR count). The number of amides is 1. The Morgan fingerprint density at radius 3 is 2.81 bits per heavy atom.